The summed E-state index contributed by atoms with van der Waals surface area (Å²) in [7, 11) is 0. The molecule has 0 spiro atoms. The summed E-state index contributed by atoms with van der Waals surface area (Å²) >= 11 is 1.24. The second kappa shape index (κ2) is 9.28. The lowest BCUT2D eigenvalue weighted by molar-refractivity contribution is -0.126. The second-order valence-corrected chi connectivity index (χ2v) is 7.52. The standard InChI is InChI=1S/C19H21N5O4S/c1-11(25)21-13-3-2-4-14(7-13)22-17(27)8-15-10-29-19(23-15)24-18(28)12-5-6-16(26)20-9-12/h2-4,7,10,12H,5-6,8-9H2,1H3,(H,20,26)(H,21,25)(H,22,27)(H,23,24,28). The highest BCUT2D eigenvalue weighted by atomic mass is 32.1. The molecule has 1 fully saturated rings. The first-order valence-electron chi connectivity index (χ1n) is 9.08. The second-order valence-electron chi connectivity index (χ2n) is 6.66. The fraction of sp³-hybridized carbons (Fsp3) is 0.316. The third-order valence-electron chi connectivity index (χ3n) is 4.23. The van der Waals surface area contributed by atoms with Crippen LogP contribution in [0.3, 0.4) is 0 Å². The van der Waals surface area contributed by atoms with Crippen molar-refractivity contribution in [3.8, 4) is 0 Å². The van der Waals surface area contributed by atoms with Crippen LogP contribution in [0.25, 0.3) is 0 Å². The first-order chi connectivity index (χ1) is 13.9. The van der Waals surface area contributed by atoms with E-state index in [2.05, 4.69) is 26.3 Å². The van der Waals surface area contributed by atoms with E-state index in [4.69, 9.17) is 0 Å². The van der Waals surface area contributed by atoms with Crippen LogP contribution in [0.15, 0.2) is 29.6 Å². The molecule has 4 amide bonds. The summed E-state index contributed by atoms with van der Waals surface area (Å²) in [6.07, 6.45) is 0.899. The van der Waals surface area contributed by atoms with Crippen LogP contribution in [0, 0.1) is 5.92 Å². The van der Waals surface area contributed by atoms with Crippen LogP contribution in [0.2, 0.25) is 0 Å². The third-order valence-corrected chi connectivity index (χ3v) is 5.03. The highest BCUT2D eigenvalue weighted by Gasteiger charge is 2.25. The average Bonchev–Trinajstić information content (AvgIpc) is 3.08. The van der Waals surface area contributed by atoms with E-state index in [1.165, 1.54) is 18.3 Å². The van der Waals surface area contributed by atoms with Crippen molar-refractivity contribution < 1.29 is 19.2 Å². The molecule has 1 saturated heterocycles. The molecule has 1 atom stereocenters. The van der Waals surface area contributed by atoms with E-state index in [-0.39, 0.29) is 36.0 Å². The lowest BCUT2D eigenvalue weighted by Crippen LogP contribution is -2.40. The minimum atomic E-state index is -0.278. The van der Waals surface area contributed by atoms with Crippen molar-refractivity contribution in [3.05, 3.63) is 35.3 Å². The van der Waals surface area contributed by atoms with Gasteiger partial charge < -0.3 is 21.3 Å². The lowest BCUT2D eigenvalue weighted by Gasteiger charge is -2.20. The Labute approximate surface area is 171 Å². The molecule has 1 aromatic carbocycles. The zero-order valence-corrected chi connectivity index (χ0v) is 16.6. The van der Waals surface area contributed by atoms with Gasteiger partial charge in [-0.05, 0) is 24.6 Å². The van der Waals surface area contributed by atoms with Gasteiger partial charge in [0.15, 0.2) is 5.13 Å². The number of carbonyl (C=O) groups is 4. The summed E-state index contributed by atoms with van der Waals surface area (Å²) in [6, 6.07) is 6.84. The van der Waals surface area contributed by atoms with E-state index in [9.17, 15) is 19.2 Å². The molecule has 1 unspecified atom stereocenters. The van der Waals surface area contributed by atoms with E-state index >= 15 is 0 Å². The number of thiazole rings is 1. The number of nitrogens with one attached hydrogen (secondary N) is 4. The summed E-state index contributed by atoms with van der Waals surface area (Å²) in [4.78, 5) is 51.1. The molecule has 2 heterocycles. The highest BCUT2D eigenvalue weighted by Crippen LogP contribution is 2.20. The largest absolute Gasteiger partial charge is 0.355 e. The van der Waals surface area contributed by atoms with Crippen LogP contribution in [0.5, 0.6) is 0 Å². The molecule has 152 valence electrons. The number of carbonyl (C=O) groups excluding carboxylic acids is 4. The Hall–Kier alpha value is -3.27. The van der Waals surface area contributed by atoms with Gasteiger partial charge in [-0.25, -0.2) is 4.98 Å². The van der Waals surface area contributed by atoms with Crippen LogP contribution < -0.4 is 21.3 Å². The first kappa shape index (κ1) is 20.5. The number of piperidine rings is 1. The Morgan fingerprint density at radius 1 is 1.21 bits per heavy atom. The number of nitrogens with zero attached hydrogens (tertiary/aromatic N) is 1. The molecule has 0 radical (unpaired) electrons. The Kier molecular flexibility index (Phi) is 6.55. The quantitative estimate of drug-likeness (QED) is 0.571. The van der Waals surface area contributed by atoms with Gasteiger partial charge in [0.25, 0.3) is 0 Å². The SMILES string of the molecule is CC(=O)Nc1cccc(NC(=O)Cc2csc(NC(=O)C3CCC(=O)NC3)n2)c1. The fourth-order valence-corrected chi connectivity index (χ4v) is 3.57. The van der Waals surface area contributed by atoms with Crippen molar-refractivity contribution in [1.29, 1.82) is 0 Å². The van der Waals surface area contributed by atoms with Gasteiger partial charge in [-0.3, -0.25) is 19.2 Å². The van der Waals surface area contributed by atoms with Gasteiger partial charge in [0.1, 0.15) is 0 Å². The summed E-state index contributed by atoms with van der Waals surface area (Å²) in [5.74, 6) is -0.965. The van der Waals surface area contributed by atoms with Gasteiger partial charge in [-0.2, -0.15) is 0 Å². The molecule has 3 rings (SSSR count). The number of benzene rings is 1. The van der Waals surface area contributed by atoms with Crippen molar-refractivity contribution in [1.82, 2.24) is 10.3 Å². The number of aromatic nitrogens is 1. The predicted molar refractivity (Wildman–Crippen MR) is 110 cm³/mol. The monoisotopic (exact) mass is 415 g/mol. The van der Waals surface area contributed by atoms with E-state index in [1.54, 1.807) is 29.6 Å². The Morgan fingerprint density at radius 3 is 2.66 bits per heavy atom. The van der Waals surface area contributed by atoms with E-state index in [1.807, 2.05) is 0 Å². The Morgan fingerprint density at radius 2 is 1.97 bits per heavy atom. The Bertz CT molecular complexity index is 932. The normalized spacial score (nSPS) is 15.9. The average molecular weight is 415 g/mol. The highest BCUT2D eigenvalue weighted by molar-refractivity contribution is 7.13. The van der Waals surface area contributed by atoms with Crippen molar-refractivity contribution in [3.63, 3.8) is 0 Å². The lowest BCUT2D eigenvalue weighted by atomic mass is 9.98. The van der Waals surface area contributed by atoms with Gasteiger partial charge in [-0.1, -0.05) is 6.07 Å². The number of anilines is 3. The van der Waals surface area contributed by atoms with Gasteiger partial charge >= 0.3 is 0 Å². The molecule has 9 nitrogen and oxygen atoms in total. The predicted octanol–water partition coefficient (Wildman–Crippen LogP) is 1.75. The first-order valence-corrected chi connectivity index (χ1v) is 9.96. The number of hydrogen-bond acceptors (Lipinski definition) is 6. The number of amides is 4. The zero-order chi connectivity index (χ0) is 20.8. The van der Waals surface area contributed by atoms with Crippen molar-refractivity contribution in [2.45, 2.75) is 26.2 Å². The maximum absolute atomic E-state index is 12.3. The molecule has 10 heteroatoms. The Balaban J connectivity index is 1.52. The van der Waals surface area contributed by atoms with Crippen molar-refractivity contribution in [2.75, 3.05) is 22.5 Å². The van der Waals surface area contributed by atoms with E-state index in [0.717, 1.165) is 0 Å². The summed E-state index contributed by atoms with van der Waals surface area (Å²) in [5.41, 5.74) is 1.69. The molecule has 1 aliphatic heterocycles. The minimum Gasteiger partial charge on any atom is -0.355 e. The van der Waals surface area contributed by atoms with Crippen molar-refractivity contribution in [2.24, 2.45) is 5.92 Å². The van der Waals surface area contributed by atoms with Crippen LogP contribution in [-0.4, -0.2) is 35.2 Å². The molecule has 1 aliphatic rings. The summed E-state index contributed by atoms with van der Waals surface area (Å²) in [6.45, 7) is 1.73. The zero-order valence-electron chi connectivity index (χ0n) is 15.8. The maximum atomic E-state index is 12.3. The van der Waals surface area contributed by atoms with Gasteiger partial charge in [0.05, 0.1) is 18.0 Å². The molecular formula is C19H21N5O4S. The minimum absolute atomic E-state index is 0.0424. The smallest absolute Gasteiger partial charge is 0.231 e. The van der Waals surface area contributed by atoms with Gasteiger partial charge in [0.2, 0.25) is 23.6 Å². The molecule has 2 aromatic rings. The van der Waals surface area contributed by atoms with Crippen molar-refractivity contribution >= 4 is 51.5 Å². The fourth-order valence-electron chi connectivity index (χ4n) is 2.86. The number of rotatable bonds is 6. The number of hydrogen-bond donors (Lipinski definition) is 4. The molecule has 0 saturated carbocycles. The summed E-state index contributed by atoms with van der Waals surface area (Å²) < 4.78 is 0. The maximum Gasteiger partial charge on any atom is 0.231 e. The van der Waals surface area contributed by atoms with Gasteiger partial charge in [-0.15, -0.1) is 11.3 Å². The summed E-state index contributed by atoms with van der Waals surface area (Å²) in [5, 5.41) is 13.0. The third kappa shape index (κ3) is 6.11. The topological polar surface area (TPSA) is 129 Å². The van der Waals surface area contributed by atoms with Crippen LogP contribution in [0.1, 0.15) is 25.5 Å². The molecule has 1 aromatic heterocycles. The van der Waals surface area contributed by atoms with Gasteiger partial charge in [0, 0.05) is 36.6 Å². The molecule has 0 bridgehead atoms. The molecule has 0 aliphatic carbocycles. The van der Waals surface area contributed by atoms with E-state index < -0.39 is 0 Å². The van der Waals surface area contributed by atoms with Crippen LogP contribution in [0.4, 0.5) is 16.5 Å². The van der Waals surface area contributed by atoms with E-state index in [0.29, 0.717) is 41.6 Å². The van der Waals surface area contributed by atoms with Crippen LogP contribution in [-0.2, 0) is 25.6 Å². The van der Waals surface area contributed by atoms with Crippen LogP contribution >= 0.6 is 11.3 Å². The molecule has 4 N–H and O–H groups in total. The molecular weight excluding hydrogens is 394 g/mol. The molecule has 29 heavy (non-hydrogen) atoms.